The Balaban J connectivity index is 1.70. The molecule has 0 aliphatic rings. The molecule has 10 nitrogen and oxygen atoms in total. The van der Waals surface area contributed by atoms with Crippen LogP contribution in [0, 0.1) is 10.1 Å². The lowest BCUT2D eigenvalue weighted by Crippen LogP contribution is -2.34. The number of thioether (sulfide) groups is 1. The van der Waals surface area contributed by atoms with Crippen LogP contribution in [0.1, 0.15) is 11.3 Å². The van der Waals surface area contributed by atoms with E-state index in [0.29, 0.717) is 5.69 Å². The molecule has 1 aromatic carbocycles. The van der Waals surface area contributed by atoms with Crippen molar-refractivity contribution in [2.75, 3.05) is 5.73 Å². The van der Waals surface area contributed by atoms with E-state index in [9.17, 15) is 14.9 Å². The van der Waals surface area contributed by atoms with E-state index in [1.165, 1.54) is 17.8 Å². The maximum absolute atomic E-state index is 12.1. The molecule has 0 radical (unpaired) electrons. The maximum atomic E-state index is 12.1. The highest BCUT2D eigenvalue weighted by Gasteiger charge is 2.23. The lowest BCUT2D eigenvalue weighted by molar-refractivity contribution is -0.382. The first-order valence-corrected chi connectivity index (χ1v) is 8.69. The molecule has 0 aliphatic heterocycles. The van der Waals surface area contributed by atoms with Crippen LogP contribution in [0.4, 0.5) is 11.5 Å². The third kappa shape index (κ3) is 3.85. The number of hydrogen-bond donors (Lipinski definition) is 4. The van der Waals surface area contributed by atoms with Crippen LogP contribution in [0.5, 0.6) is 0 Å². The predicted octanol–water partition coefficient (Wildman–Crippen LogP) is 0.778. The first-order chi connectivity index (χ1) is 12.5. The molecule has 0 fully saturated rings. The second-order valence-electron chi connectivity index (χ2n) is 5.47. The SMILES string of the molecule is Nc1[nH]n2c(=O)cc(CNC(N)SCc3ccccc3)nc2c1[N+](=O)[O-]. The first-order valence-electron chi connectivity index (χ1n) is 7.64. The fourth-order valence-electron chi connectivity index (χ4n) is 2.39. The molecule has 0 aliphatic carbocycles. The van der Waals surface area contributed by atoms with Crippen molar-refractivity contribution in [3.63, 3.8) is 0 Å². The van der Waals surface area contributed by atoms with E-state index in [1.807, 2.05) is 30.3 Å². The van der Waals surface area contributed by atoms with Crippen molar-refractivity contribution >= 4 is 28.9 Å². The highest BCUT2D eigenvalue weighted by molar-refractivity contribution is 7.99. The van der Waals surface area contributed by atoms with Gasteiger partial charge in [-0.25, -0.2) is 4.98 Å². The van der Waals surface area contributed by atoms with Gasteiger partial charge in [-0.3, -0.25) is 25.3 Å². The third-order valence-electron chi connectivity index (χ3n) is 3.61. The molecule has 0 saturated carbocycles. The number of nitro groups is 1. The summed E-state index contributed by atoms with van der Waals surface area (Å²) >= 11 is 1.49. The fraction of sp³-hybridized carbons (Fsp3) is 0.200. The number of anilines is 1. The Morgan fingerprint density at radius 2 is 2.12 bits per heavy atom. The van der Waals surface area contributed by atoms with E-state index in [2.05, 4.69) is 15.4 Å². The Hall–Kier alpha value is -2.89. The highest BCUT2D eigenvalue weighted by atomic mass is 32.2. The number of aromatic amines is 1. The first kappa shape index (κ1) is 17.9. The van der Waals surface area contributed by atoms with Gasteiger partial charge >= 0.3 is 5.69 Å². The molecule has 1 atom stereocenters. The molecule has 2 aromatic heterocycles. The van der Waals surface area contributed by atoms with E-state index < -0.39 is 16.2 Å². The standard InChI is InChI=1S/C15H17N7O3S/c16-13-12(22(24)25)14-19-10(6-11(23)21(14)20-13)7-18-15(17)26-8-9-4-2-1-3-5-9/h1-6,15,18,20H,7-8,16-17H2. The number of nitrogens with one attached hydrogen (secondary N) is 2. The second-order valence-corrected chi connectivity index (χ2v) is 6.60. The van der Waals surface area contributed by atoms with Crippen molar-refractivity contribution in [1.82, 2.24) is 19.9 Å². The van der Waals surface area contributed by atoms with Crippen molar-refractivity contribution in [3.05, 3.63) is 68.1 Å². The minimum absolute atomic E-state index is 0.123. The van der Waals surface area contributed by atoms with Crippen molar-refractivity contribution in [3.8, 4) is 0 Å². The van der Waals surface area contributed by atoms with Gasteiger partial charge in [0.05, 0.1) is 10.6 Å². The zero-order valence-electron chi connectivity index (χ0n) is 13.6. The van der Waals surface area contributed by atoms with Gasteiger partial charge in [0.2, 0.25) is 5.65 Å². The molecule has 2 heterocycles. The molecule has 3 aromatic rings. The summed E-state index contributed by atoms with van der Waals surface area (Å²) in [7, 11) is 0. The molecular weight excluding hydrogens is 358 g/mol. The van der Waals surface area contributed by atoms with Crippen LogP contribution in [0.25, 0.3) is 5.65 Å². The van der Waals surface area contributed by atoms with Crippen LogP contribution in [0.15, 0.2) is 41.2 Å². The monoisotopic (exact) mass is 375 g/mol. The Morgan fingerprint density at radius 1 is 1.38 bits per heavy atom. The van der Waals surface area contributed by atoms with Crippen molar-refractivity contribution < 1.29 is 4.92 Å². The largest absolute Gasteiger partial charge is 0.378 e. The Kier molecular flexibility index (Phi) is 5.21. The number of nitrogens with zero attached hydrogens (tertiary/aromatic N) is 3. The van der Waals surface area contributed by atoms with Gasteiger partial charge in [0.15, 0.2) is 5.82 Å². The van der Waals surface area contributed by atoms with Crippen LogP contribution in [0.3, 0.4) is 0 Å². The van der Waals surface area contributed by atoms with E-state index in [1.54, 1.807) is 0 Å². The van der Waals surface area contributed by atoms with Gasteiger partial charge in [-0.05, 0) is 5.56 Å². The zero-order valence-corrected chi connectivity index (χ0v) is 14.4. The number of nitrogen functional groups attached to an aromatic ring is 1. The normalized spacial score (nSPS) is 12.3. The third-order valence-corrected chi connectivity index (χ3v) is 4.64. The number of benzene rings is 1. The molecule has 3 rings (SSSR count). The van der Waals surface area contributed by atoms with Gasteiger partial charge in [0, 0.05) is 18.4 Å². The minimum atomic E-state index is -0.674. The topological polar surface area (TPSA) is 157 Å². The zero-order chi connectivity index (χ0) is 18.7. The molecule has 0 amide bonds. The number of rotatable bonds is 7. The molecule has 6 N–H and O–H groups in total. The van der Waals surface area contributed by atoms with Crippen LogP contribution < -0.4 is 22.3 Å². The Morgan fingerprint density at radius 3 is 2.81 bits per heavy atom. The molecule has 26 heavy (non-hydrogen) atoms. The average molecular weight is 375 g/mol. The number of H-pyrrole nitrogens is 1. The number of hydrogen-bond acceptors (Lipinski definition) is 8. The summed E-state index contributed by atoms with van der Waals surface area (Å²) in [4.78, 5) is 26.7. The van der Waals surface area contributed by atoms with Crippen LogP contribution in [-0.4, -0.2) is 25.0 Å². The van der Waals surface area contributed by atoms with Gasteiger partial charge in [-0.1, -0.05) is 30.3 Å². The summed E-state index contributed by atoms with van der Waals surface area (Å²) in [5.74, 6) is 0.504. The Labute approximate surface area is 151 Å². The van der Waals surface area contributed by atoms with E-state index in [0.717, 1.165) is 15.8 Å². The molecule has 11 heteroatoms. The predicted molar refractivity (Wildman–Crippen MR) is 99.4 cm³/mol. The van der Waals surface area contributed by atoms with Crippen molar-refractivity contribution in [2.24, 2.45) is 5.73 Å². The second kappa shape index (κ2) is 7.56. The van der Waals surface area contributed by atoms with Gasteiger partial charge in [-0.2, -0.15) is 4.52 Å². The summed E-state index contributed by atoms with van der Waals surface area (Å²) in [6, 6.07) is 11.1. The summed E-state index contributed by atoms with van der Waals surface area (Å²) in [5.41, 5.74) is 11.6. The summed E-state index contributed by atoms with van der Waals surface area (Å²) in [6.45, 7) is 0.191. The number of aromatic nitrogens is 3. The molecular formula is C15H17N7O3S. The lowest BCUT2D eigenvalue weighted by Gasteiger charge is -2.13. The maximum Gasteiger partial charge on any atom is 0.354 e. The van der Waals surface area contributed by atoms with Crippen molar-refractivity contribution in [2.45, 2.75) is 17.8 Å². The molecule has 1 unspecified atom stereocenters. The van der Waals surface area contributed by atoms with E-state index in [-0.39, 0.29) is 23.5 Å². The smallest absolute Gasteiger partial charge is 0.354 e. The minimum Gasteiger partial charge on any atom is -0.378 e. The van der Waals surface area contributed by atoms with Gasteiger partial charge in [0.1, 0.15) is 5.50 Å². The van der Waals surface area contributed by atoms with Crippen LogP contribution >= 0.6 is 11.8 Å². The number of fused-ring (bicyclic) bond motifs is 1. The van der Waals surface area contributed by atoms with Gasteiger partial charge < -0.3 is 11.5 Å². The van der Waals surface area contributed by atoms with Crippen LogP contribution in [-0.2, 0) is 12.3 Å². The highest BCUT2D eigenvalue weighted by Crippen LogP contribution is 2.23. The number of nitrogens with two attached hydrogens (primary N) is 2. The summed E-state index contributed by atoms with van der Waals surface area (Å²) < 4.78 is 0.945. The Bertz CT molecular complexity index is 986. The van der Waals surface area contributed by atoms with Gasteiger partial charge in [-0.15, -0.1) is 11.8 Å². The molecule has 0 bridgehead atoms. The van der Waals surface area contributed by atoms with E-state index in [4.69, 9.17) is 11.5 Å². The molecule has 0 saturated heterocycles. The summed E-state index contributed by atoms with van der Waals surface area (Å²) in [5, 5.41) is 16.6. The summed E-state index contributed by atoms with van der Waals surface area (Å²) in [6.07, 6.45) is 0. The fourth-order valence-corrected chi connectivity index (χ4v) is 3.15. The van der Waals surface area contributed by atoms with Crippen molar-refractivity contribution in [1.29, 1.82) is 0 Å². The van der Waals surface area contributed by atoms with Crippen LogP contribution in [0.2, 0.25) is 0 Å². The average Bonchev–Trinajstić information content (AvgIpc) is 2.96. The van der Waals surface area contributed by atoms with E-state index >= 15 is 0 Å². The quantitative estimate of drug-likeness (QED) is 0.268. The lowest BCUT2D eigenvalue weighted by atomic mass is 10.2. The molecule has 136 valence electrons. The van der Waals surface area contributed by atoms with Gasteiger partial charge in [0.25, 0.3) is 5.56 Å². The molecule has 0 spiro atoms.